The maximum Gasteiger partial charge on any atom is 0.380 e. The number of ether oxygens (including phenoxy) is 1. The molecule has 2 rings (SSSR count). The van der Waals surface area contributed by atoms with Crippen molar-refractivity contribution in [3.8, 4) is 0 Å². The van der Waals surface area contributed by atoms with Gasteiger partial charge in [0, 0.05) is 6.61 Å². The second kappa shape index (κ2) is 4.70. The van der Waals surface area contributed by atoms with Gasteiger partial charge in [-0.05, 0) is 36.5 Å². The Labute approximate surface area is 99.2 Å². The van der Waals surface area contributed by atoms with Gasteiger partial charge in [0.2, 0.25) is 0 Å². The van der Waals surface area contributed by atoms with Gasteiger partial charge in [-0.15, -0.1) is 0 Å². The summed E-state index contributed by atoms with van der Waals surface area (Å²) >= 11 is 0. The predicted octanol–water partition coefficient (Wildman–Crippen LogP) is 3.22. The third kappa shape index (κ3) is 3.01. The molecule has 0 bridgehead atoms. The van der Waals surface area contributed by atoms with Crippen LogP contribution in [0, 0.1) is 5.92 Å². The van der Waals surface area contributed by atoms with Crippen LogP contribution in [0.4, 0.5) is 8.78 Å². The van der Waals surface area contributed by atoms with E-state index in [9.17, 15) is 8.78 Å². The molecule has 0 saturated carbocycles. The first-order chi connectivity index (χ1) is 7.97. The minimum atomic E-state index is -3.76. The van der Waals surface area contributed by atoms with Crippen molar-refractivity contribution in [2.24, 2.45) is 5.92 Å². The largest absolute Gasteiger partial charge is 0.380 e. The van der Waals surface area contributed by atoms with E-state index in [-0.39, 0.29) is 11.7 Å². The topological polar surface area (TPSA) is 29.5 Å². The fourth-order valence-electron chi connectivity index (χ4n) is 2.04. The summed E-state index contributed by atoms with van der Waals surface area (Å²) in [6, 6.07) is 5.69. The summed E-state index contributed by atoms with van der Waals surface area (Å²) in [6.07, 6.45) is -1.77. The Morgan fingerprint density at radius 1 is 1.24 bits per heavy atom. The van der Waals surface area contributed by atoms with E-state index in [2.05, 4.69) is 6.92 Å². The normalized spacial score (nSPS) is 25.9. The van der Waals surface area contributed by atoms with Crippen LogP contribution in [0.25, 0.3) is 0 Å². The molecule has 1 saturated heterocycles. The molecule has 1 aliphatic heterocycles. The standard InChI is InChI=1S/C13H16F2O2/c1-9-2-7-12(17-8-9)10-3-5-11(6-4-10)13(14,15)16/h3-6,9,12,16H,2,7-8H2,1H3. The van der Waals surface area contributed by atoms with Crippen LogP contribution < -0.4 is 0 Å². The molecule has 17 heavy (non-hydrogen) atoms. The molecule has 4 heteroatoms. The molecule has 2 nitrogen and oxygen atoms in total. The fourth-order valence-corrected chi connectivity index (χ4v) is 2.04. The summed E-state index contributed by atoms with van der Waals surface area (Å²) < 4.78 is 30.9. The molecule has 2 unspecified atom stereocenters. The van der Waals surface area contributed by atoms with Crippen LogP contribution >= 0.6 is 0 Å². The van der Waals surface area contributed by atoms with Crippen molar-refractivity contribution in [2.75, 3.05) is 6.61 Å². The van der Waals surface area contributed by atoms with Crippen LogP contribution in [-0.4, -0.2) is 11.7 Å². The van der Waals surface area contributed by atoms with Crippen molar-refractivity contribution >= 4 is 0 Å². The van der Waals surface area contributed by atoms with Crippen LogP contribution in [-0.2, 0) is 10.8 Å². The van der Waals surface area contributed by atoms with Crippen molar-refractivity contribution in [2.45, 2.75) is 32.0 Å². The average Bonchev–Trinajstić information content (AvgIpc) is 2.29. The Morgan fingerprint density at radius 2 is 1.88 bits per heavy atom. The van der Waals surface area contributed by atoms with E-state index in [1.165, 1.54) is 12.1 Å². The Hall–Kier alpha value is -1.00. The zero-order valence-electron chi connectivity index (χ0n) is 9.70. The van der Waals surface area contributed by atoms with E-state index >= 15 is 0 Å². The quantitative estimate of drug-likeness (QED) is 0.862. The number of hydrogen-bond acceptors (Lipinski definition) is 2. The number of halogens is 2. The monoisotopic (exact) mass is 242 g/mol. The van der Waals surface area contributed by atoms with Gasteiger partial charge in [-0.3, -0.25) is 0 Å². The number of hydrogen-bond donors (Lipinski definition) is 1. The van der Waals surface area contributed by atoms with Gasteiger partial charge >= 0.3 is 6.11 Å². The minimum absolute atomic E-state index is 0.00688. The molecule has 1 aromatic carbocycles. The van der Waals surface area contributed by atoms with E-state index in [0.29, 0.717) is 12.5 Å². The van der Waals surface area contributed by atoms with Crippen molar-refractivity contribution in [1.82, 2.24) is 0 Å². The molecule has 1 aliphatic rings. The maximum absolute atomic E-state index is 12.6. The van der Waals surface area contributed by atoms with E-state index in [1.54, 1.807) is 12.1 Å². The molecule has 1 aromatic rings. The highest BCUT2D eigenvalue weighted by Crippen LogP contribution is 2.32. The summed E-state index contributed by atoms with van der Waals surface area (Å²) in [5.41, 5.74) is 0.510. The first-order valence-electron chi connectivity index (χ1n) is 5.79. The number of aliphatic hydroxyl groups is 1. The molecule has 1 heterocycles. The van der Waals surface area contributed by atoms with E-state index in [0.717, 1.165) is 18.4 Å². The van der Waals surface area contributed by atoms with E-state index < -0.39 is 6.11 Å². The molecule has 1 N–H and O–H groups in total. The van der Waals surface area contributed by atoms with Gasteiger partial charge in [-0.1, -0.05) is 19.1 Å². The Kier molecular flexibility index (Phi) is 3.45. The summed E-state index contributed by atoms with van der Waals surface area (Å²) in [7, 11) is 0. The average molecular weight is 242 g/mol. The SMILES string of the molecule is CC1CCC(c2ccc(C(O)(F)F)cc2)OC1. The number of rotatable bonds is 2. The zero-order valence-corrected chi connectivity index (χ0v) is 9.70. The van der Waals surface area contributed by atoms with Crippen LogP contribution in [0.15, 0.2) is 24.3 Å². The molecule has 2 atom stereocenters. The molecule has 0 spiro atoms. The lowest BCUT2D eigenvalue weighted by Crippen LogP contribution is -2.18. The van der Waals surface area contributed by atoms with Crippen molar-refractivity contribution in [3.63, 3.8) is 0 Å². The third-order valence-electron chi connectivity index (χ3n) is 3.13. The van der Waals surface area contributed by atoms with Gasteiger partial charge in [0.1, 0.15) is 0 Å². The Balaban J connectivity index is 2.08. The summed E-state index contributed by atoms with van der Waals surface area (Å²) in [4.78, 5) is 0. The first kappa shape index (κ1) is 12.5. The summed E-state index contributed by atoms with van der Waals surface area (Å²) in [5, 5.41) is 8.56. The highest BCUT2D eigenvalue weighted by atomic mass is 19.3. The molecule has 94 valence electrons. The van der Waals surface area contributed by atoms with Crippen LogP contribution in [0.5, 0.6) is 0 Å². The smallest absolute Gasteiger partial charge is 0.373 e. The number of alkyl halides is 2. The molecule has 0 aromatic heterocycles. The molecule has 0 amide bonds. The van der Waals surface area contributed by atoms with Gasteiger partial charge in [0.05, 0.1) is 11.7 Å². The third-order valence-corrected chi connectivity index (χ3v) is 3.13. The van der Waals surface area contributed by atoms with Gasteiger partial charge in [-0.25, -0.2) is 0 Å². The van der Waals surface area contributed by atoms with Crippen molar-refractivity contribution in [3.05, 3.63) is 35.4 Å². The van der Waals surface area contributed by atoms with Crippen molar-refractivity contribution in [1.29, 1.82) is 0 Å². The highest BCUT2D eigenvalue weighted by Gasteiger charge is 2.28. The predicted molar refractivity (Wildman–Crippen MR) is 59.6 cm³/mol. The number of benzene rings is 1. The van der Waals surface area contributed by atoms with Crippen LogP contribution in [0.2, 0.25) is 0 Å². The lowest BCUT2D eigenvalue weighted by Gasteiger charge is -2.27. The van der Waals surface area contributed by atoms with Crippen LogP contribution in [0.3, 0.4) is 0 Å². The van der Waals surface area contributed by atoms with Gasteiger partial charge in [-0.2, -0.15) is 8.78 Å². The molecule has 0 aliphatic carbocycles. The molecular formula is C13H16F2O2. The highest BCUT2D eigenvalue weighted by molar-refractivity contribution is 5.26. The lowest BCUT2D eigenvalue weighted by atomic mass is 9.95. The Morgan fingerprint density at radius 3 is 2.35 bits per heavy atom. The van der Waals surface area contributed by atoms with Crippen molar-refractivity contribution < 1.29 is 18.6 Å². The minimum Gasteiger partial charge on any atom is -0.373 e. The second-order valence-corrected chi connectivity index (χ2v) is 4.67. The second-order valence-electron chi connectivity index (χ2n) is 4.67. The Bertz CT molecular complexity index is 362. The first-order valence-corrected chi connectivity index (χ1v) is 5.79. The van der Waals surface area contributed by atoms with Gasteiger partial charge in [0.15, 0.2) is 0 Å². The summed E-state index contributed by atoms with van der Waals surface area (Å²) in [5.74, 6) is 0.562. The van der Waals surface area contributed by atoms with Gasteiger partial charge < -0.3 is 9.84 Å². The fraction of sp³-hybridized carbons (Fsp3) is 0.538. The maximum atomic E-state index is 12.6. The lowest BCUT2D eigenvalue weighted by molar-refractivity contribution is -0.208. The molecule has 1 fully saturated rings. The van der Waals surface area contributed by atoms with Gasteiger partial charge in [0.25, 0.3) is 0 Å². The zero-order chi connectivity index (χ0) is 12.5. The van der Waals surface area contributed by atoms with E-state index in [1.807, 2.05) is 0 Å². The van der Waals surface area contributed by atoms with Crippen LogP contribution in [0.1, 0.15) is 37.0 Å². The molecular weight excluding hydrogens is 226 g/mol. The van der Waals surface area contributed by atoms with E-state index in [4.69, 9.17) is 9.84 Å². The molecule has 0 radical (unpaired) electrons. The summed E-state index contributed by atoms with van der Waals surface area (Å²) in [6.45, 7) is 2.84.